The first-order valence-electron chi connectivity index (χ1n) is 8.62. The van der Waals surface area contributed by atoms with Crippen molar-refractivity contribution < 1.29 is 9.53 Å². The summed E-state index contributed by atoms with van der Waals surface area (Å²) in [7, 11) is 3.96. The molecule has 3 nitrogen and oxygen atoms in total. The summed E-state index contributed by atoms with van der Waals surface area (Å²) in [5.41, 5.74) is 0. The highest BCUT2D eigenvalue weighted by molar-refractivity contribution is 5.69. The molecule has 0 aromatic carbocycles. The monoisotopic (exact) mass is 297 g/mol. The summed E-state index contributed by atoms with van der Waals surface area (Å²) >= 11 is 0. The first kappa shape index (κ1) is 20.2. The van der Waals surface area contributed by atoms with Crippen molar-refractivity contribution in [1.29, 1.82) is 0 Å². The topological polar surface area (TPSA) is 29.5 Å². The van der Waals surface area contributed by atoms with Crippen molar-refractivity contribution >= 4 is 5.97 Å². The normalized spacial score (nSPS) is 11.4. The van der Waals surface area contributed by atoms with Crippen LogP contribution in [0.3, 0.4) is 0 Å². The maximum atomic E-state index is 11.4. The zero-order valence-corrected chi connectivity index (χ0v) is 14.4. The second kappa shape index (κ2) is 15.6. The summed E-state index contributed by atoms with van der Waals surface area (Å²) in [6, 6.07) is 0. The second-order valence-electron chi connectivity index (χ2n) is 5.94. The standard InChI is InChI=1S/C18H35NO2/c1-4-5-6-7-8-9-10-11-12-13-14-15-18(20)21-17-16-19(2)3/h7-8H,4-6,9-17H2,1-3H3. The van der Waals surface area contributed by atoms with E-state index < -0.39 is 0 Å². The molecule has 0 rings (SSSR count). The molecule has 0 aliphatic carbocycles. The largest absolute Gasteiger partial charge is 0.464 e. The van der Waals surface area contributed by atoms with Gasteiger partial charge in [-0.3, -0.25) is 4.79 Å². The molecule has 0 aromatic heterocycles. The van der Waals surface area contributed by atoms with E-state index in [1.54, 1.807) is 0 Å². The molecule has 0 amide bonds. The Balaban J connectivity index is 3.21. The van der Waals surface area contributed by atoms with E-state index in [1.165, 1.54) is 44.9 Å². The predicted molar refractivity (Wildman–Crippen MR) is 90.5 cm³/mol. The lowest BCUT2D eigenvalue weighted by Gasteiger charge is -2.09. The molecule has 0 N–H and O–H groups in total. The smallest absolute Gasteiger partial charge is 0.305 e. The fourth-order valence-corrected chi connectivity index (χ4v) is 2.03. The molecule has 0 aliphatic rings. The highest BCUT2D eigenvalue weighted by Crippen LogP contribution is 2.08. The molecular weight excluding hydrogens is 262 g/mol. The molecule has 0 unspecified atom stereocenters. The lowest BCUT2D eigenvalue weighted by atomic mass is 10.1. The number of carbonyl (C=O) groups excluding carboxylic acids is 1. The number of hydrogen-bond donors (Lipinski definition) is 0. The van der Waals surface area contributed by atoms with Gasteiger partial charge >= 0.3 is 5.97 Å². The molecule has 124 valence electrons. The molecule has 0 spiro atoms. The third kappa shape index (κ3) is 17.1. The van der Waals surface area contributed by atoms with Crippen molar-refractivity contribution in [1.82, 2.24) is 4.90 Å². The Morgan fingerprint density at radius 3 is 2.24 bits per heavy atom. The molecule has 0 bridgehead atoms. The third-order valence-electron chi connectivity index (χ3n) is 3.44. The molecule has 0 atom stereocenters. The van der Waals surface area contributed by atoms with Crippen LogP contribution in [0, 0.1) is 0 Å². The van der Waals surface area contributed by atoms with E-state index in [-0.39, 0.29) is 5.97 Å². The van der Waals surface area contributed by atoms with Crippen molar-refractivity contribution in [3.05, 3.63) is 12.2 Å². The number of allylic oxidation sites excluding steroid dienone is 2. The van der Waals surface area contributed by atoms with Gasteiger partial charge < -0.3 is 9.64 Å². The van der Waals surface area contributed by atoms with Gasteiger partial charge in [0.05, 0.1) is 0 Å². The highest BCUT2D eigenvalue weighted by Gasteiger charge is 2.02. The van der Waals surface area contributed by atoms with Crippen LogP contribution < -0.4 is 0 Å². The zero-order chi connectivity index (χ0) is 15.8. The van der Waals surface area contributed by atoms with Gasteiger partial charge in [0.2, 0.25) is 0 Å². The molecule has 0 aromatic rings. The predicted octanol–water partition coefficient (Wildman–Crippen LogP) is 4.57. The van der Waals surface area contributed by atoms with Crippen LogP contribution in [0.15, 0.2) is 12.2 Å². The van der Waals surface area contributed by atoms with E-state index in [2.05, 4.69) is 19.1 Å². The number of rotatable bonds is 14. The molecule has 0 aliphatic heterocycles. The number of nitrogens with zero attached hydrogens (tertiary/aromatic N) is 1. The van der Waals surface area contributed by atoms with E-state index in [0.29, 0.717) is 13.0 Å². The van der Waals surface area contributed by atoms with Crippen LogP contribution in [0.4, 0.5) is 0 Å². The maximum absolute atomic E-state index is 11.4. The number of likely N-dealkylation sites (N-methyl/N-ethyl adjacent to an activating group) is 1. The van der Waals surface area contributed by atoms with E-state index in [0.717, 1.165) is 19.4 Å². The molecule has 0 saturated carbocycles. The summed E-state index contributed by atoms with van der Waals surface area (Å²) in [6.07, 6.45) is 16.1. The Kier molecular flexibility index (Phi) is 14.9. The molecule has 0 fully saturated rings. The van der Waals surface area contributed by atoms with E-state index in [1.807, 2.05) is 19.0 Å². The van der Waals surface area contributed by atoms with Crippen molar-refractivity contribution in [2.45, 2.75) is 71.1 Å². The Morgan fingerprint density at radius 1 is 0.952 bits per heavy atom. The molecule has 21 heavy (non-hydrogen) atoms. The first-order chi connectivity index (χ1) is 10.2. The molecule has 0 saturated heterocycles. The fourth-order valence-electron chi connectivity index (χ4n) is 2.03. The lowest BCUT2D eigenvalue weighted by molar-refractivity contribution is -0.144. The fraction of sp³-hybridized carbons (Fsp3) is 0.833. The van der Waals surface area contributed by atoms with Crippen molar-refractivity contribution in [3.63, 3.8) is 0 Å². The van der Waals surface area contributed by atoms with Gasteiger partial charge in [-0.05, 0) is 39.8 Å². The average molecular weight is 297 g/mol. The van der Waals surface area contributed by atoms with E-state index in [4.69, 9.17) is 4.74 Å². The number of carbonyl (C=O) groups is 1. The lowest BCUT2D eigenvalue weighted by Crippen LogP contribution is -2.20. The summed E-state index contributed by atoms with van der Waals surface area (Å²) in [5, 5.41) is 0. The molecule has 0 radical (unpaired) electrons. The van der Waals surface area contributed by atoms with E-state index >= 15 is 0 Å². The number of esters is 1. The number of hydrogen-bond acceptors (Lipinski definition) is 3. The van der Waals surface area contributed by atoms with Crippen molar-refractivity contribution in [2.75, 3.05) is 27.2 Å². The van der Waals surface area contributed by atoms with Crippen LogP contribution in [0.1, 0.15) is 71.1 Å². The van der Waals surface area contributed by atoms with Crippen LogP contribution in [-0.4, -0.2) is 38.1 Å². The minimum atomic E-state index is -0.0456. The van der Waals surface area contributed by atoms with E-state index in [9.17, 15) is 4.79 Å². The van der Waals surface area contributed by atoms with Crippen LogP contribution in [0.25, 0.3) is 0 Å². The van der Waals surface area contributed by atoms with Gasteiger partial charge in [-0.25, -0.2) is 0 Å². The highest BCUT2D eigenvalue weighted by atomic mass is 16.5. The quantitative estimate of drug-likeness (QED) is 0.267. The van der Waals surface area contributed by atoms with Crippen molar-refractivity contribution in [2.24, 2.45) is 0 Å². The van der Waals surface area contributed by atoms with Gasteiger partial charge in [0.15, 0.2) is 0 Å². The summed E-state index contributed by atoms with van der Waals surface area (Å²) in [6.45, 7) is 3.54. The maximum Gasteiger partial charge on any atom is 0.305 e. The van der Waals surface area contributed by atoms with Crippen LogP contribution >= 0.6 is 0 Å². The van der Waals surface area contributed by atoms with Crippen LogP contribution in [0.2, 0.25) is 0 Å². The average Bonchev–Trinajstić information content (AvgIpc) is 2.44. The summed E-state index contributed by atoms with van der Waals surface area (Å²) in [5.74, 6) is -0.0456. The first-order valence-corrected chi connectivity index (χ1v) is 8.62. The Bertz CT molecular complexity index is 262. The Hall–Kier alpha value is -0.830. The van der Waals surface area contributed by atoms with Gasteiger partial charge in [-0.1, -0.05) is 51.2 Å². The summed E-state index contributed by atoms with van der Waals surface area (Å²) in [4.78, 5) is 13.5. The minimum Gasteiger partial charge on any atom is -0.464 e. The minimum absolute atomic E-state index is 0.0456. The SMILES string of the molecule is CCCCC=CCCCCCCCC(=O)OCCN(C)C. The second-order valence-corrected chi connectivity index (χ2v) is 5.94. The zero-order valence-electron chi connectivity index (χ0n) is 14.4. The number of unbranched alkanes of at least 4 members (excludes halogenated alkanes) is 7. The van der Waals surface area contributed by atoms with Gasteiger partial charge in [-0.2, -0.15) is 0 Å². The summed E-state index contributed by atoms with van der Waals surface area (Å²) < 4.78 is 5.15. The van der Waals surface area contributed by atoms with Crippen molar-refractivity contribution in [3.8, 4) is 0 Å². The van der Waals surface area contributed by atoms with Crippen LogP contribution in [0.5, 0.6) is 0 Å². The third-order valence-corrected chi connectivity index (χ3v) is 3.44. The molecule has 3 heteroatoms. The van der Waals surface area contributed by atoms with Crippen LogP contribution in [-0.2, 0) is 9.53 Å². The number of ether oxygens (including phenoxy) is 1. The molecule has 0 heterocycles. The van der Waals surface area contributed by atoms with Gasteiger partial charge in [0, 0.05) is 13.0 Å². The van der Waals surface area contributed by atoms with Gasteiger partial charge in [0.25, 0.3) is 0 Å². The van der Waals surface area contributed by atoms with Gasteiger partial charge in [-0.15, -0.1) is 0 Å². The molecular formula is C18H35NO2. The Morgan fingerprint density at radius 2 is 1.57 bits per heavy atom. The van der Waals surface area contributed by atoms with Gasteiger partial charge in [0.1, 0.15) is 6.61 Å². The Labute approximate surface area is 131 Å².